The summed E-state index contributed by atoms with van der Waals surface area (Å²) in [6, 6.07) is 22.2. The zero-order chi connectivity index (χ0) is 17.2. The standard InChI is InChI=1S/C21H21NO2/c1-15-7-9-16(10-8-15)21(24,17-11-13-18(23)14-12-17)19-5-3-4-6-20(19)22-2/h3-14,22-24H,1-2H3. The molecular formula is C21H21NO2. The Hall–Kier alpha value is -2.78. The van der Waals surface area contributed by atoms with Gasteiger partial charge in [0.15, 0.2) is 0 Å². The van der Waals surface area contributed by atoms with Crippen LogP contribution in [0, 0.1) is 6.92 Å². The monoisotopic (exact) mass is 319 g/mol. The molecule has 24 heavy (non-hydrogen) atoms. The van der Waals surface area contributed by atoms with Crippen molar-refractivity contribution in [1.82, 2.24) is 0 Å². The first-order valence-electron chi connectivity index (χ1n) is 7.92. The van der Waals surface area contributed by atoms with E-state index in [4.69, 9.17) is 0 Å². The molecule has 0 saturated heterocycles. The maximum atomic E-state index is 11.8. The van der Waals surface area contributed by atoms with Crippen LogP contribution in [0.15, 0.2) is 72.8 Å². The van der Waals surface area contributed by atoms with E-state index in [1.807, 2.05) is 62.5 Å². The van der Waals surface area contributed by atoms with Crippen LogP contribution in [0.1, 0.15) is 22.3 Å². The molecular weight excluding hydrogens is 298 g/mol. The molecule has 0 fully saturated rings. The number of aryl methyl sites for hydroxylation is 1. The summed E-state index contributed by atoms with van der Waals surface area (Å²) in [5.74, 6) is 0.173. The lowest BCUT2D eigenvalue weighted by molar-refractivity contribution is 0.126. The third-order valence-electron chi connectivity index (χ3n) is 4.34. The quantitative estimate of drug-likeness (QED) is 0.637. The highest BCUT2D eigenvalue weighted by Gasteiger charge is 2.35. The predicted octanol–water partition coefficient (Wildman–Crippen LogP) is 4.03. The van der Waals surface area contributed by atoms with Crippen molar-refractivity contribution in [3.8, 4) is 5.75 Å². The highest BCUT2D eigenvalue weighted by molar-refractivity contribution is 5.60. The lowest BCUT2D eigenvalue weighted by Gasteiger charge is -2.32. The van der Waals surface area contributed by atoms with Crippen LogP contribution < -0.4 is 5.32 Å². The molecule has 0 amide bonds. The number of aromatic hydroxyl groups is 1. The van der Waals surface area contributed by atoms with E-state index < -0.39 is 5.60 Å². The number of anilines is 1. The van der Waals surface area contributed by atoms with E-state index in [-0.39, 0.29) is 5.75 Å². The van der Waals surface area contributed by atoms with Crippen molar-refractivity contribution in [2.75, 3.05) is 12.4 Å². The molecule has 3 N–H and O–H groups in total. The Balaban J connectivity index is 2.28. The van der Waals surface area contributed by atoms with E-state index in [1.54, 1.807) is 24.3 Å². The minimum atomic E-state index is -1.32. The number of phenolic OH excluding ortho intramolecular Hbond substituents is 1. The molecule has 1 unspecified atom stereocenters. The molecule has 0 spiro atoms. The van der Waals surface area contributed by atoms with Crippen molar-refractivity contribution in [3.05, 3.63) is 95.1 Å². The van der Waals surface area contributed by atoms with E-state index in [1.165, 1.54) is 0 Å². The summed E-state index contributed by atoms with van der Waals surface area (Å²) in [6.45, 7) is 2.02. The van der Waals surface area contributed by atoms with E-state index in [0.717, 1.165) is 22.4 Å². The number of nitrogens with one attached hydrogen (secondary N) is 1. The summed E-state index contributed by atoms with van der Waals surface area (Å²) in [7, 11) is 1.84. The molecule has 0 aromatic heterocycles. The summed E-state index contributed by atoms with van der Waals surface area (Å²) in [5.41, 5.74) is 2.92. The summed E-state index contributed by atoms with van der Waals surface area (Å²) in [5, 5.41) is 24.6. The summed E-state index contributed by atoms with van der Waals surface area (Å²) < 4.78 is 0. The number of aliphatic hydroxyl groups is 1. The van der Waals surface area contributed by atoms with Gasteiger partial charge in [0.2, 0.25) is 0 Å². The second kappa shape index (κ2) is 6.38. The molecule has 0 aliphatic rings. The van der Waals surface area contributed by atoms with E-state index >= 15 is 0 Å². The van der Waals surface area contributed by atoms with Gasteiger partial charge in [-0.1, -0.05) is 60.2 Å². The van der Waals surface area contributed by atoms with E-state index in [0.29, 0.717) is 5.56 Å². The van der Waals surface area contributed by atoms with Crippen LogP contribution in [0.4, 0.5) is 5.69 Å². The molecule has 122 valence electrons. The van der Waals surface area contributed by atoms with Crippen molar-refractivity contribution in [3.63, 3.8) is 0 Å². The van der Waals surface area contributed by atoms with Crippen LogP contribution in [0.3, 0.4) is 0 Å². The smallest absolute Gasteiger partial charge is 0.142 e. The van der Waals surface area contributed by atoms with Crippen molar-refractivity contribution in [1.29, 1.82) is 0 Å². The fraction of sp³-hybridized carbons (Fsp3) is 0.143. The summed E-state index contributed by atoms with van der Waals surface area (Å²) in [6.07, 6.45) is 0. The lowest BCUT2D eigenvalue weighted by atomic mass is 9.79. The Morgan fingerprint density at radius 3 is 1.92 bits per heavy atom. The minimum absolute atomic E-state index is 0.173. The Kier molecular flexibility index (Phi) is 4.28. The second-order valence-corrected chi connectivity index (χ2v) is 5.92. The van der Waals surface area contributed by atoms with Crippen molar-refractivity contribution >= 4 is 5.69 Å². The van der Waals surface area contributed by atoms with Crippen molar-refractivity contribution < 1.29 is 10.2 Å². The average Bonchev–Trinajstić information content (AvgIpc) is 2.62. The summed E-state index contributed by atoms with van der Waals surface area (Å²) >= 11 is 0. The molecule has 3 heteroatoms. The Morgan fingerprint density at radius 1 is 0.792 bits per heavy atom. The van der Waals surface area contributed by atoms with Gasteiger partial charge in [0, 0.05) is 18.3 Å². The van der Waals surface area contributed by atoms with Crippen LogP contribution in [-0.4, -0.2) is 17.3 Å². The molecule has 3 nitrogen and oxygen atoms in total. The number of para-hydroxylation sites is 1. The molecule has 3 rings (SSSR count). The van der Waals surface area contributed by atoms with Gasteiger partial charge in [0.1, 0.15) is 11.4 Å². The molecule has 0 aliphatic carbocycles. The first-order chi connectivity index (χ1) is 11.6. The maximum Gasteiger partial charge on any atom is 0.142 e. The molecule has 3 aromatic rings. The number of benzene rings is 3. The second-order valence-electron chi connectivity index (χ2n) is 5.92. The molecule has 0 bridgehead atoms. The van der Waals surface area contributed by atoms with Crippen LogP contribution in [0.25, 0.3) is 0 Å². The average molecular weight is 319 g/mol. The zero-order valence-corrected chi connectivity index (χ0v) is 13.8. The normalized spacial score (nSPS) is 13.3. The van der Waals surface area contributed by atoms with Crippen LogP contribution in [0.5, 0.6) is 5.75 Å². The van der Waals surface area contributed by atoms with Crippen LogP contribution >= 0.6 is 0 Å². The molecule has 1 atom stereocenters. The van der Waals surface area contributed by atoms with Gasteiger partial charge in [-0.3, -0.25) is 0 Å². The van der Waals surface area contributed by atoms with Gasteiger partial charge in [0.05, 0.1) is 0 Å². The van der Waals surface area contributed by atoms with Gasteiger partial charge < -0.3 is 15.5 Å². The van der Waals surface area contributed by atoms with Gasteiger partial charge in [-0.25, -0.2) is 0 Å². The Morgan fingerprint density at radius 2 is 1.33 bits per heavy atom. The van der Waals surface area contributed by atoms with Gasteiger partial charge in [-0.05, 0) is 36.2 Å². The van der Waals surface area contributed by atoms with Gasteiger partial charge in [-0.15, -0.1) is 0 Å². The highest BCUT2D eigenvalue weighted by atomic mass is 16.3. The largest absolute Gasteiger partial charge is 0.508 e. The molecule has 3 aromatic carbocycles. The minimum Gasteiger partial charge on any atom is -0.508 e. The van der Waals surface area contributed by atoms with Crippen LogP contribution in [0.2, 0.25) is 0 Å². The fourth-order valence-electron chi connectivity index (χ4n) is 2.99. The maximum absolute atomic E-state index is 11.8. The van der Waals surface area contributed by atoms with Gasteiger partial charge >= 0.3 is 0 Å². The van der Waals surface area contributed by atoms with Gasteiger partial charge in [0.25, 0.3) is 0 Å². The van der Waals surface area contributed by atoms with E-state index in [2.05, 4.69) is 5.32 Å². The van der Waals surface area contributed by atoms with Crippen LogP contribution in [-0.2, 0) is 5.60 Å². The number of rotatable bonds is 4. The predicted molar refractivity (Wildman–Crippen MR) is 97.4 cm³/mol. The first-order valence-corrected chi connectivity index (χ1v) is 7.92. The van der Waals surface area contributed by atoms with Crippen molar-refractivity contribution in [2.24, 2.45) is 0 Å². The fourth-order valence-corrected chi connectivity index (χ4v) is 2.99. The molecule has 0 radical (unpaired) electrons. The zero-order valence-electron chi connectivity index (χ0n) is 13.8. The molecule has 0 heterocycles. The third-order valence-corrected chi connectivity index (χ3v) is 4.34. The Labute approximate surface area is 142 Å². The Bertz CT molecular complexity index is 778. The lowest BCUT2D eigenvalue weighted by Crippen LogP contribution is -2.29. The topological polar surface area (TPSA) is 52.5 Å². The molecule has 0 aliphatic heterocycles. The SMILES string of the molecule is CNc1ccccc1C(O)(c1ccc(C)cc1)c1ccc(O)cc1. The summed E-state index contributed by atoms with van der Waals surface area (Å²) in [4.78, 5) is 0. The molecule has 0 saturated carbocycles. The van der Waals surface area contributed by atoms with E-state index in [9.17, 15) is 10.2 Å². The highest BCUT2D eigenvalue weighted by Crippen LogP contribution is 2.40. The number of hydrogen-bond donors (Lipinski definition) is 3. The van der Waals surface area contributed by atoms with Gasteiger partial charge in [-0.2, -0.15) is 0 Å². The third kappa shape index (κ3) is 2.74. The number of phenols is 1. The number of hydrogen-bond acceptors (Lipinski definition) is 3. The first kappa shape index (κ1) is 16.1. The van der Waals surface area contributed by atoms with Crippen molar-refractivity contribution in [2.45, 2.75) is 12.5 Å².